The summed E-state index contributed by atoms with van der Waals surface area (Å²) in [6, 6.07) is 15.2. The van der Waals surface area contributed by atoms with Crippen LogP contribution in [0.15, 0.2) is 76.2 Å². The highest BCUT2D eigenvalue weighted by atomic mass is 16.3. The summed E-state index contributed by atoms with van der Waals surface area (Å²) in [5.74, 6) is 0.379. The summed E-state index contributed by atoms with van der Waals surface area (Å²) >= 11 is 0. The molecule has 0 saturated heterocycles. The molecule has 0 atom stereocenters. The van der Waals surface area contributed by atoms with Crippen LogP contribution in [-0.4, -0.2) is 29.8 Å². The molecular weight excluding hydrogens is 344 g/mol. The van der Waals surface area contributed by atoms with E-state index in [0.717, 1.165) is 6.42 Å². The lowest BCUT2D eigenvalue weighted by Gasteiger charge is -2.21. The molecule has 27 heavy (non-hydrogen) atoms. The van der Waals surface area contributed by atoms with Crippen molar-refractivity contribution < 1.29 is 18.4 Å². The quantitative estimate of drug-likeness (QED) is 0.631. The lowest BCUT2D eigenvalue weighted by Crippen LogP contribution is -2.35. The number of hydrogen-bond donors (Lipinski definition) is 1. The number of nitrogens with one attached hydrogen (secondary N) is 1. The Bertz CT molecular complexity index is 826. The predicted molar refractivity (Wildman–Crippen MR) is 99.9 cm³/mol. The van der Waals surface area contributed by atoms with E-state index in [1.54, 1.807) is 29.4 Å². The first-order chi connectivity index (χ1) is 13.2. The molecule has 3 rings (SSSR count). The second-order valence-electron chi connectivity index (χ2n) is 6.15. The number of carbonyl (C=O) groups is 2. The Hall–Kier alpha value is -3.28. The van der Waals surface area contributed by atoms with Crippen LogP contribution in [-0.2, 0) is 17.8 Å². The van der Waals surface area contributed by atoms with Gasteiger partial charge in [-0.15, -0.1) is 0 Å². The summed E-state index contributed by atoms with van der Waals surface area (Å²) in [4.78, 5) is 26.4. The van der Waals surface area contributed by atoms with Gasteiger partial charge < -0.3 is 19.1 Å². The van der Waals surface area contributed by atoms with Crippen LogP contribution in [0.2, 0.25) is 0 Å². The van der Waals surface area contributed by atoms with E-state index in [1.165, 1.54) is 18.1 Å². The van der Waals surface area contributed by atoms with Crippen molar-refractivity contribution in [1.29, 1.82) is 0 Å². The minimum atomic E-state index is -0.197. The SMILES string of the molecule is O=C(CCN(Cc1ccco1)C(=O)c1ccoc1)NCCc1ccccc1. The van der Waals surface area contributed by atoms with Crippen molar-refractivity contribution in [3.05, 3.63) is 84.2 Å². The number of benzene rings is 1. The van der Waals surface area contributed by atoms with Crippen LogP contribution < -0.4 is 5.32 Å². The maximum Gasteiger partial charge on any atom is 0.257 e. The molecule has 0 aliphatic heterocycles. The largest absolute Gasteiger partial charge is 0.472 e. The summed E-state index contributed by atoms with van der Waals surface area (Å²) in [6.07, 6.45) is 5.41. The van der Waals surface area contributed by atoms with E-state index in [1.807, 2.05) is 30.3 Å². The molecule has 3 aromatic rings. The third kappa shape index (κ3) is 5.60. The average Bonchev–Trinajstić information content (AvgIpc) is 3.39. The first-order valence-electron chi connectivity index (χ1n) is 8.87. The predicted octanol–water partition coefficient (Wildman–Crippen LogP) is 3.26. The van der Waals surface area contributed by atoms with Gasteiger partial charge in [0, 0.05) is 19.5 Å². The molecule has 6 nitrogen and oxygen atoms in total. The second-order valence-corrected chi connectivity index (χ2v) is 6.15. The van der Waals surface area contributed by atoms with Crippen molar-refractivity contribution in [3.8, 4) is 0 Å². The molecule has 2 heterocycles. The van der Waals surface area contributed by atoms with E-state index in [9.17, 15) is 9.59 Å². The molecule has 0 aliphatic rings. The zero-order valence-electron chi connectivity index (χ0n) is 15.0. The summed E-state index contributed by atoms with van der Waals surface area (Å²) in [5, 5.41) is 2.90. The van der Waals surface area contributed by atoms with Gasteiger partial charge in [-0.1, -0.05) is 30.3 Å². The van der Waals surface area contributed by atoms with E-state index < -0.39 is 0 Å². The van der Waals surface area contributed by atoms with Crippen LogP contribution in [0, 0.1) is 0 Å². The van der Waals surface area contributed by atoms with Gasteiger partial charge >= 0.3 is 0 Å². The Morgan fingerprint density at radius 2 is 1.85 bits per heavy atom. The van der Waals surface area contributed by atoms with Crippen LogP contribution in [0.5, 0.6) is 0 Å². The van der Waals surface area contributed by atoms with Gasteiger partial charge in [0.2, 0.25) is 5.91 Å². The van der Waals surface area contributed by atoms with Gasteiger partial charge in [-0.2, -0.15) is 0 Å². The van der Waals surface area contributed by atoms with E-state index >= 15 is 0 Å². The van der Waals surface area contributed by atoms with Crippen LogP contribution in [0.3, 0.4) is 0 Å². The Morgan fingerprint density at radius 1 is 1.00 bits per heavy atom. The van der Waals surface area contributed by atoms with E-state index in [0.29, 0.717) is 31.0 Å². The normalized spacial score (nSPS) is 10.5. The van der Waals surface area contributed by atoms with Gasteiger partial charge in [-0.05, 0) is 30.2 Å². The Labute approximate surface area is 157 Å². The number of furan rings is 2. The molecule has 1 aromatic carbocycles. The number of amides is 2. The Balaban J connectivity index is 1.50. The van der Waals surface area contributed by atoms with Gasteiger partial charge in [0.15, 0.2) is 0 Å². The smallest absolute Gasteiger partial charge is 0.257 e. The molecule has 1 N–H and O–H groups in total. The summed E-state index contributed by atoms with van der Waals surface area (Å²) < 4.78 is 10.3. The lowest BCUT2D eigenvalue weighted by molar-refractivity contribution is -0.121. The molecule has 0 radical (unpaired) electrons. The number of nitrogens with zero attached hydrogens (tertiary/aromatic N) is 1. The van der Waals surface area contributed by atoms with E-state index in [2.05, 4.69) is 5.32 Å². The van der Waals surface area contributed by atoms with E-state index in [-0.39, 0.29) is 18.2 Å². The standard InChI is InChI=1S/C21H22N2O4/c24-20(22-11-8-17-5-2-1-3-6-17)9-12-23(15-19-7-4-13-27-19)21(25)18-10-14-26-16-18/h1-7,10,13-14,16H,8-9,11-12,15H2,(H,22,24). The molecule has 0 spiro atoms. The summed E-state index contributed by atoms with van der Waals surface area (Å²) in [5.41, 5.74) is 1.62. The van der Waals surface area contributed by atoms with Gasteiger partial charge in [-0.25, -0.2) is 0 Å². The zero-order valence-corrected chi connectivity index (χ0v) is 15.0. The fourth-order valence-corrected chi connectivity index (χ4v) is 2.73. The monoisotopic (exact) mass is 366 g/mol. The second kappa shape index (κ2) is 9.43. The van der Waals surface area contributed by atoms with Crippen molar-refractivity contribution in [1.82, 2.24) is 10.2 Å². The molecule has 6 heteroatoms. The number of rotatable bonds is 9. The summed E-state index contributed by atoms with van der Waals surface area (Å²) in [7, 11) is 0. The Morgan fingerprint density at radius 3 is 2.56 bits per heavy atom. The van der Waals surface area contributed by atoms with Gasteiger partial charge in [0.25, 0.3) is 5.91 Å². The molecule has 140 valence electrons. The fraction of sp³-hybridized carbons (Fsp3) is 0.238. The van der Waals surface area contributed by atoms with Crippen LogP contribution in [0.4, 0.5) is 0 Å². The van der Waals surface area contributed by atoms with Crippen molar-refractivity contribution in [3.63, 3.8) is 0 Å². The fourth-order valence-electron chi connectivity index (χ4n) is 2.73. The first-order valence-corrected chi connectivity index (χ1v) is 8.87. The zero-order chi connectivity index (χ0) is 18.9. The Kier molecular flexibility index (Phi) is 6.46. The van der Waals surface area contributed by atoms with Crippen molar-refractivity contribution in [2.45, 2.75) is 19.4 Å². The van der Waals surface area contributed by atoms with Gasteiger partial charge in [0.1, 0.15) is 12.0 Å². The molecule has 2 amide bonds. The number of carbonyl (C=O) groups excluding carboxylic acids is 2. The minimum Gasteiger partial charge on any atom is -0.472 e. The van der Waals surface area contributed by atoms with Gasteiger partial charge in [0.05, 0.1) is 24.6 Å². The molecule has 0 bridgehead atoms. The molecule has 0 aliphatic carbocycles. The minimum absolute atomic E-state index is 0.0876. The van der Waals surface area contributed by atoms with Crippen molar-refractivity contribution in [2.24, 2.45) is 0 Å². The third-order valence-corrected chi connectivity index (χ3v) is 4.17. The lowest BCUT2D eigenvalue weighted by atomic mass is 10.1. The summed E-state index contributed by atoms with van der Waals surface area (Å²) in [6.45, 7) is 1.16. The average molecular weight is 366 g/mol. The topological polar surface area (TPSA) is 75.7 Å². The van der Waals surface area contributed by atoms with Gasteiger partial charge in [-0.3, -0.25) is 9.59 Å². The van der Waals surface area contributed by atoms with Crippen molar-refractivity contribution >= 4 is 11.8 Å². The molecule has 0 saturated carbocycles. The molecular formula is C21H22N2O4. The third-order valence-electron chi connectivity index (χ3n) is 4.17. The first kappa shape index (κ1) is 18.5. The van der Waals surface area contributed by atoms with Crippen LogP contribution >= 0.6 is 0 Å². The van der Waals surface area contributed by atoms with Crippen LogP contribution in [0.1, 0.15) is 28.1 Å². The highest BCUT2D eigenvalue weighted by molar-refractivity contribution is 5.94. The van der Waals surface area contributed by atoms with Crippen molar-refractivity contribution in [2.75, 3.05) is 13.1 Å². The van der Waals surface area contributed by atoms with Crippen LogP contribution in [0.25, 0.3) is 0 Å². The molecule has 2 aromatic heterocycles. The highest BCUT2D eigenvalue weighted by Gasteiger charge is 2.19. The van der Waals surface area contributed by atoms with E-state index in [4.69, 9.17) is 8.83 Å². The number of hydrogen-bond acceptors (Lipinski definition) is 4. The highest BCUT2D eigenvalue weighted by Crippen LogP contribution is 2.12. The molecule has 0 fully saturated rings. The maximum absolute atomic E-state index is 12.6. The maximum atomic E-state index is 12.6. The molecule has 0 unspecified atom stereocenters.